The van der Waals surface area contributed by atoms with E-state index >= 15 is 0 Å². The first-order valence-electron chi connectivity index (χ1n) is 6.03. The molecule has 0 saturated carbocycles. The summed E-state index contributed by atoms with van der Waals surface area (Å²) in [6.45, 7) is 0. The van der Waals surface area contributed by atoms with Crippen LogP contribution >= 0.6 is 34.3 Å². The number of rotatable bonds is 4. The molecule has 5 nitrogen and oxygen atoms in total. The minimum absolute atomic E-state index is 0.0751. The first kappa shape index (κ1) is 15.4. The van der Waals surface area contributed by atoms with Crippen molar-refractivity contribution in [1.82, 2.24) is 4.98 Å². The molecule has 2 heterocycles. The fourth-order valence-corrected chi connectivity index (χ4v) is 4.07. The number of primary sulfonamides is 1. The van der Waals surface area contributed by atoms with Gasteiger partial charge in [-0.05, 0) is 36.4 Å². The van der Waals surface area contributed by atoms with Crippen LogP contribution in [0.5, 0.6) is 0 Å². The number of thiophene rings is 1. The summed E-state index contributed by atoms with van der Waals surface area (Å²) < 4.78 is 23.1. The maximum atomic E-state index is 11.2. The first-order valence-corrected chi connectivity index (χ1v) is 9.65. The largest absolute Gasteiger partial charge is 0.332 e. The molecule has 114 valence electrons. The molecule has 3 N–H and O–H groups in total. The van der Waals surface area contributed by atoms with E-state index in [9.17, 15) is 8.42 Å². The van der Waals surface area contributed by atoms with E-state index in [1.165, 1.54) is 34.8 Å². The Labute approximate surface area is 140 Å². The molecule has 9 heteroatoms. The Morgan fingerprint density at radius 3 is 2.45 bits per heavy atom. The van der Waals surface area contributed by atoms with Crippen molar-refractivity contribution in [2.24, 2.45) is 5.14 Å². The summed E-state index contributed by atoms with van der Waals surface area (Å²) in [5.41, 5.74) is 1.59. The summed E-state index contributed by atoms with van der Waals surface area (Å²) in [4.78, 5) is 5.55. The number of sulfonamides is 1. The molecule has 0 unspecified atom stereocenters. The van der Waals surface area contributed by atoms with Crippen molar-refractivity contribution in [3.05, 3.63) is 46.1 Å². The lowest BCUT2D eigenvalue weighted by Crippen LogP contribution is -2.11. The molecule has 0 radical (unpaired) electrons. The number of anilines is 2. The minimum atomic E-state index is -3.67. The zero-order valence-electron chi connectivity index (χ0n) is 11.0. The van der Waals surface area contributed by atoms with Crippen LogP contribution < -0.4 is 10.5 Å². The summed E-state index contributed by atoms with van der Waals surface area (Å²) >= 11 is 8.84. The van der Waals surface area contributed by atoms with Gasteiger partial charge in [0.2, 0.25) is 10.0 Å². The number of hydrogen-bond acceptors (Lipinski definition) is 6. The molecule has 0 saturated heterocycles. The number of nitrogens with one attached hydrogen (secondary N) is 1. The van der Waals surface area contributed by atoms with Gasteiger partial charge in [0, 0.05) is 11.1 Å². The van der Waals surface area contributed by atoms with E-state index in [0.29, 0.717) is 5.13 Å². The number of halogens is 1. The maximum Gasteiger partial charge on any atom is 0.238 e. The van der Waals surface area contributed by atoms with Gasteiger partial charge in [0.15, 0.2) is 5.13 Å². The molecule has 0 fully saturated rings. The predicted molar refractivity (Wildman–Crippen MR) is 91.5 cm³/mol. The molecular weight excluding hydrogens is 362 g/mol. The third-order valence-corrected chi connectivity index (χ3v) is 5.70. The summed E-state index contributed by atoms with van der Waals surface area (Å²) in [6, 6.07) is 9.94. The lowest BCUT2D eigenvalue weighted by molar-refractivity contribution is 0.598. The molecule has 0 aliphatic rings. The number of nitrogens with zero attached hydrogens (tertiary/aromatic N) is 1. The Morgan fingerprint density at radius 2 is 1.86 bits per heavy atom. The lowest BCUT2D eigenvalue weighted by Gasteiger charge is -2.03. The highest BCUT2D eigenvalue weighted by molar-refractivity contribution is 7.89. The van der Waals surface area contributed by atoms with Crippen LogP contribution in [0.15, 0.2) is 46.7 Å². The SMILES string of the molecule is NS(=O)(=O)c1ccc(Nc2nc(-c3ccc(Cl)s3)cs2)cc1. The third kappa shape index (κ3) is 3.47. The quantitative estimate of drug-likeness (QED) is 0.727. The van der Waals surface area contributed by atoms with Gasteiger partial charge in [0.25, 0.3) is 0 Å². The maximum absolute atomic E-state index is 11.2. The van der Waals surface area contributed by atoms with Gasteiger partial charge in [-0.25, -0.2) is 18.5 Å². The number of nitrogens with two attached hydrogens (primary N) is 1. The molecule has 0 amide bonds. The molecular formula is C13H10ClN3O2S3. The second-order valence-corrected chi connectivity index (χ2v) is 8.47. The van der Waals surface area contributed by atoms with Crippen LogP contribution in [0.1, 0.15) is 0 Å². The fourth-order valence-electron chi connectivity index (χ4n) is 1.75. The van der Waals surface area contributed by atoms with Crippen LogP contribution in [0, 0.1) is 0 Å². The topological polar surface area (TPSA) is 85.1 Å². The monoisotopic (exact) mass is 371 g/mol. The van der Waals surface area contributed by atoms with Gasteiger partial charge >= 0.3 is 0 Å². The fraction of sp³-hybridized carbons (Fsp3) is 0. The summed E-state index contributed by atoms with van der Waals surface area (Å²) in [7, 11) is -3.67. The minimum Gasteiger partial charge on any atom is -0.332 e. The van der Waals surface area contributed by atoms with Crippen LogP contribution in [-0.4, -0.2) is 13.4 Å². The Morgan fingerprint density at radius 1 is 1.14 bits per heavy atom. The Bertz CT molecular complexity index is 901. The van der Waals surface area contributed by atoms with Gasteiger partial charge in [-0.3, -0.25) is 0 Å². The van der Waals surface area contributed by atoms with Gasteiger partial charge in [0.05, 0.1) is 19.8 Å². The van der Waals surface area contributed by atoms with E-state index in [4.69, 9.17) is 16.7 Å². The summed E-state index contributed by atoms with van der Waals surface area (Å²) in [6.07, 6.45) is 0. The van der Waals surface area contributed by atoms with Crippen molar-refractivity contribution < 1.29 is 8.42 Å². The van der Waals surface area contributed by atoms with Crippen molar-refractivity contribution in [1.29, 1.82) is 0 Å². The van der Waals surface area contributed by atoms with Crippen molar-refractivity contribution in [3.8, 4) is 10.6 Å². The molecule has 0 aliphatic heterocycles. The van der Waals surface area contributed by atoms with E-state index in [2.05, 4.69) is 10.3 Å². The molecule has 0 aliphatic carbocycles. The number of benzene rings is 1. The number of thiazole rings is 1. The third-order valence-electron chi connectivity index (χ3n) is 2.76. The standard InChI is InChI=1S/C13H10ClN3O2S3/c14-12-6-5-11(21-12)10-7-20-13(17-10)16-8-1-3-9(4-2-8)22(15,18)19/h1-7H,(H,16,17)(H2,15,18,19). The van der Waals surface area contributed by atoms with Crippen molar-refractivity contribution in [2.45, 2.75) is 4.90 Å². The van der Waals surface area contributed by atoms with Gasteiger partial charge in [0.1, 0.15) is 0 Å². The Balaban J connectivity index is 1.78. The normalized spacial score (nSPS) is 11.5. The van der Waals surface area contributed by atoms with E-state index in [0.717, 1.165) is 20.6 Å². The van der Waals surface area contributed by atoms with Gasteiger partial charge in [-0.15, -0.1) is 22.7 Å². The molecule has 2 aromatic heterocycles. The molecule has 0 bridgehead atoms. The van der Waals surface area contributed by atoms with Gasteiger partial charge in [-0.1, -0.05) is 11.6 Å². The molecule has 1 aromatic carbocycles. The van der Waals surface area contributed by atoms with Crippen LogP contribution in [0.4, 0.5) is 10.8 Å². The molecule has 0 atom stereocenters. The van der Waals surface area contributed by atoms with Crippen molar-refractivity contribution in [2.75, 3.05) is 5.32 Å². The predicted octanol–water partition coefficient (Wildman–Crippen LogP) is 3.92. The smallest absolute Gasteiger partial charge is 0.238 e. The van der Waals surface area contributed by atoms with Gasteiger partial charge < -0.3 is 5.32 Å². The molecule has 22 heavy (non-hydrogen) atoms. The zero-order valence-corrected chi connectivity index (χ0v) is 14.2. The van der Waals surface area contributed by atoms with Crippen LogP contribution in [0.25, 0.3) is 10.6 Å². The molecule has 0 spiro atoms. The van der Waals surface area contributed by atoms with Gasteiger partial charge in [-0.2, -0.15) is 0 Å². The highest BCUT2D eigenvalue weighted by atomic mass is 35.5. The second-order valence-electron chi connectivity index (χ2n) is 4.34. The average molecular weight is 372 g/mol. The first-order chi connectivity index (χ1) is 10.4. The summed E-state index contributed by atoms with van der Waals surface area (Å²) in [5.74, 6) is 0. The van der Waals surface area contributed by atoms with E-state index in [1.54, 1.807) is 12.1 Å². The highest BCUT2D eigenvalue weighted by Gasteiger charge is 2.09. The molecule has 3 aromatic rings. The van der Waals surface area contributed by atoms with Crippen LogP contribution in [-0.2, 0) is 10.0 Å². The second kappa shape index (κ2) is 5.98. The van der Waals surface area contributed by atoms with E-state index < -0.39 is 10.0 Å². The highest BCUT2D eigenvalue weighted by Crippen LogP contribution is 2.33. The lowest BCUT2D eigenvalue weighted by atomic mass is 10.3. The number of hydrogen-bond donors (Lipinski definition) is 2. The zero-order chi connectivity index (χ0) is 15.7. The molecule has 3 rings (SSSR count). The number of aromatic nitrogens is 1. The van der Waals surface area contributed by atoms with Crippen LogP contribution in [0.3, 0.4) is 0 Å². The van der Waals surface area contributed by atoms with E-state index in [-0.39, 0.29) is 4.90 Å². The Kier molecular flexibility index (Phi) is 4.20. The van der Waals surface area contributed by atoms with Crippen LogP contribution in [0.2, 0.25) is 4.34 Å². The average Bonchev–Trinajstić information content (AvgIpc) is 3.07. The van der Waals surface area contributed by atoms with Crippen molar-refractivity contribution in [3.63, 3.8) is 0 Å². The Hall–Kier alpha value is -1.45. The van der Waals surface area contributed by atoms with E-state index in [1.807, 2.05) is 17.5 Å². The van der Waals surface area contributed by atoms with Crippen molar-refractivity contribution >= 4 is 55.1 Å². The summed E-state index contributed by atoms with van der Waals surface area (Å²) in [5, 5.41) is 10.8.